The summed E-state index contributed by atoms with van der Waals surface area (Å²) in [6.45, 7) is -0.873. The van der Waals surface area contributed by atoms with Crippen LogP contribution in [0.25, 0.3) is 0 Å². The minimum Gasteiger partial charge on any atom is -0.454 e. The minimum absolute atomic E-state index is 0.186. The fourth-order valence-corrected chi connectivity index (χ4v) is 3.47. The Hall–Kier alpha value is -2.70. The second-order valence-corrected chi connectivity index (χ2v) is 6.70. The largest absolute Gasteiger partial charge is 0.454 e. The lowest BCUT2D eigenvalue weighted by molar-refractivity contribution is -0.152. The Balaban J connectivity index is 1.51. The maximum absolute atomic E-state index is 12.2. The number of rotatable bonds is 5. The van der Waals surface area contributed by atoms with Gasteiger partial charge in [0.15, 0.2) is 6.61 Å². The number of likely N-dealkylation sites (N-methyl/N-ethyl adjacent to an activating group) is 1. The standard InChI is InChI=1S/C19H22N2O5/c1-20(13-7-3-2-4-8-13)16(22)12-26-17(23)11-21-18(24)14-9-5-6-10-15(14)19(21)25/h5-6,9-10,13H,2-4,7-8,11-12H2,1H3. The smallest absolute Gasteiger partial charge is 0.326 e. The fourth-order valence-electron chi connectivity index (χ4n) is 3.47. The molecule has 3 amide bonds. The average Bonchev–Trinajstić information content (AvgIpc) is 2.91. The van der Waals surface area contributed by atoms with Gasteiger partial charge in [0.1, 0.15) is 6.54 Å². The molecule has 1 heterocycles. The number of fused-ring (bicyclic) bond motifs is 1. The third-order valence-electron chi connectivity index (χ3n) is 5.04. The first-order valence-corrected chi connectivity index (χ1v) is 8.85. The number of esters is 1. The molecule has 0 N–H and O–H groups in total. The van der Waals surface area contributed by atoms with E-state index in [2.05, 4.69) is 0 Å². The molecule has 0 bridgehead atoms. The predicted octanol–water partition coefficient (Wildman–Crippen LogP) is 1.62. The summed E-state index contributed by atoms with van der Waals surface area (Å²) < 4.78 is 5.00. The highest BCUT2D eigenvalue weighted by Crippen LogP contribution is 2.23. The molecule has 1 fully saturated rings. The number of ether oxygens (including phenoxy) is 1. The van der Waals surface area contributed by atoms with Crippen LogP contribution in [0.4, 0.5) is 0 Å². The van der Waals surface area contributed by atoms with Crippen LogP contribution in [0, 0.1) is 0 Å². The van der Waals surface area contributed by atoms with E-state index in [4.69, 9.17) is 4.74 Å². The van der Waals surface area contributed by atoms with Crippen molar-refractivity contribution in [1.29, 1.82) is 0 Å². The normalized spacial score (nSPS) is 17.2. The molecule has 1 aromatic carbocycles. The van der Waals surface area contributed by atoms with Crippen LogP contribution in [0.1, 0.15) is 52.8 Å². The van der Waals surface area contributed by atoms with E-state index >= 15 is 0 Å². The zero-order chi connectivity index (χ0) is 18.7. The van der Waals surface area contributed by atoms with E-state index in [1.54, 1.807) is 36.2 Å². The number of hydrogen-bond acceptors (Lipinski definition) is 5. The van der Waals surface area contributed by atoms with Gasteiger partial charge in [0.2, 0.25) is 0 Å². The molecule has 0 unspecified atom stereocenters. The van der Waals surface area contributed by atoms with E-state index in [0.29, 0.717) is 0 Å². The number of carbonyl (C=O) groups is 4. The zero-order valence-electron chi connectivity index (χ0n) is 14.8. The third kappa shape index (κ3) is 3.61. The number of hydrogen-bond donors (Lipinski definition) is 0. The molecule has 1 saturated carbocycles. The van der Waals surface area contributed by atoms with Gasteiger partial charge in [-0.15, -0.1) is 0 Å². The fraction of sp³-hybridized carbons (Fsp3) is 0.474. The number of amides is 3. The molecule has 2 aliphatic rings. The van der Waals surface area contributed by atoms with Crippen molar-refractivity contribution >= 4 is 23.7 Å². The van der Waals surface area contributed by atoms with Crippen molar-refractivity contribution in [2.45, 2.75) is 38.1 Å². The second-order valence-electron chi connectivity index (χ2n) is 6.70. The molecule has 0 atom stereocenters. The van der Waals surface area contributed by atoms with Crippen molar-refractivity contribution in [3.8, 4) is 0 Å². The summed E-state index contributed by atoms with van der Waals surface area (Å²) in [6.07, 6.45) is 5.31. The minimum atomic E-state index is -0.773. The van der Waals surface area contributed by atoms with Gasteiger partial charge < -0.3 is 9.64 Å². The lowest BCUT2D eigenvalue weighted by Gasteiger charge is -2.31. The molecule has 3 rings (SSSR count). The van der Waals surface area contributed by atoms with E-state index < -0.39 is 24.3 Å². The Kier molecular flexibility index (Phi) is 5.35. The number of carbonyl (C=O) groups excluding carboxylic acids is 4. The third-order valence-corrected chi connectivity index (χ3v) is 5.04. The van der Waals surface area contributed by atoms with Gasteiger partial charge in [0, 0.05) is 13.1 Å². The summed E-state index contributed by atoms with van der Waals surface area (Å²) in [5.41, 5.74) is 0.553. The van der Waals surface area contributed by atoms with E-state index in [9.17, 15) is 19.2 Å². The van der Waals surface area contributed by atoms with Crippen molar-refractivity contribution in [2.75, 3.05) is 20.2 Å². The van der Waals surface area contributed by atoms with Crippen molar-refractivity contribution < 1.29 is 23.9 Å². The van der Waals surface area contributed by atoms with Crippen molar-refractivity contribution in [1.82, 2.24) is 9.80 Å². The van der Waals surface area contributed by atoms with Crippen LogP contribution in [-0.4, -0.2) is 59.7 Å². The molecular formula is C19H22N2O5. The first-order valence-electron chi connectivity index (χ1n) is 8.85. The molecule has 26 heavy (non-hydrogen) atoms. The second kappa shape index (κ2) is 7.68. The van der Waals surface area contributed by atoms with Crippen LogP contribution in [0.2, 0.25) is 0 Å². The summed E-state index contributed by atoms with van der Waals surface area (Å²) in [6, 6.07) is 6.59. The highest BCUT2D eigenvalue weighted by atomic mass is 16.5. The van der Waals surface area contributed by atoms with Crippen LogP contribution in [0.15, 0.2) is 24.3 Å². The highest BCUT2D eigenvalue weighted by Gasteiger charge is 2.36. The molecule has 0 radical (unpaired) electrons. The summed E-state index contributed by atoms with van der Waals surface area (Å²) in [4.78, 5) is 51.1. The molecule has 0 aromatic heterocycles. The SMILES string of the molecule is CN(C(=O)COC(=O)CN1C(=O)c2ccccc2C1=O)C1CCCCC1. The Morgan fingerprint density at radius 1 is 1.08 bits per heavy atom. The van der Waals surface area contributed by atoms with Crippen LogP contribution < -0.4 is 0 Å². The highest BCUT2D eigenvalue weighted by molar-refractivity contribution is 6.22. The summed E-state index contributed by atoms with van der Waals surface area (Å²) in [5.74, 6) is -2.08. The zero-order valence-corrected chi connectivity index (χ0v) is 14.8. The van der Waals surface area contributed by atoms with Gasteiger partial charge in [-0.1, -0.05) is 31.4 Å². The Bertz CT molecular complexity index is 704. The molecule has 1 aromatic rings. The van der Waals surface area contributed by atoms with E-state index in [-0.39, 0.29) is 29.7 Å². The lowest BCUT2D eigenvalue weighted by atomic mass is 9.94. The number of benzene rings is 1. The Morgan fingerprint density at radius 3 is 2.23 bits per heavy atom. The van der Waals surface area contributed by atoms with Crippen molar-refractivity contribution in [2.24, 2.45) is 0 Å². The van der Waals surface area contributed by atoms with Gasteiger partial charge in [-0.3, -0.25) is 24.1 Å². The van der Waals surface area contributed by atoms with E-state index in [1.165, 1.54) is 6.42 Å². The molecule has 0 spiro atoms. The van der Waals surface area contributed by atoms with Gasteiger partial charge in [0.05, 0.1) is 11.1 Å². The number of imide groups is 1. The maximum atomic E-state index is 12.2. The molecule has 7 nitrogen and oxygen atoms in total. The Labute approximate surface area is 151 Å². The van der Waals surface area contributed by atoms with Crippen molar-refractivity contribution in [3.05, 3.63) is 35.4 Å². The van der Waals surface area contributed by atoms with E-state index in [1.807, 2.05) is 0 Å². The van der Waals surface area contributed by atoms with Crippen LogP contribution in [0.3, 0.4) is 0 Å². The topological polar surface area (TPSA) is 84.0 Å². The summed E-state index contributed by atoms with van der Waals surface area (Å²) >= 11 is 0. The molecule has 0 saturated heterocycles. The molecule has 1 aliphatic heterocycles. The number of nitrogens with zero attached hydrogens (tertiary/aromatic N) is 2. The quantitative estimate of drug-likeness (QED) is 0.590. The lowest BCUT2D eigenvalue weighted by Crippen LogP contribution is -2.41. The van der Waals surface area contributed by atoms with Gasteiger partial charge in [-0.05, 0) is 25.0 Å². The Morgan fingerprint density at radius 2 is 1.65 bits per heavy atom. The molecule has 1 aliphatic carbocycles. The van der Waals surface area contributed by atoms with Gasteiger partial charge in [-0.2, -0.15) is 0 Å². The molecule has 138 valence electrons. The molecule has 7 heteroatoms. The van der Waals surface area contributed by atoms with Gasteiger partial charge in [-0.25, -0.2) is 0 Å². The van der Waals surface area contributed by atoms with Gasteiger partial charge in [0.25, 0.3) is 17.7 Å². The van der Waals surface area contributed by atoms with Crippen molar-refractivity contribution in [3.63, 3.8) is 0 Å². The van der Waals surface area contributed by atoms with Gasteiger partial charge >= 0.3 is 5.97 Å². The van der Waals surface area contributed by atoms with Crippen LogP contribution in [0.5, 0.6) is 0 Å². The maximum Gasteiger partial charge on any atom is 0.326 e. The van der Waals surface area contributed by atoms with Crippen LogP contribution in [-0.2, 0) is 14.3 Å². The first kappa shape index (κ1) is 18.1. The van der Waals surface area contributed by atoms with Crippen LogP contribution >= 0.6 is 0 Å². The van der Waals surface area contributed by atoms with E-state index in [0.717, 1.165) is 30.6 Å². The predicted molar refractivity (Wildman–Crippen MR) is 92.4 cm³/mol. The summed E-state index contributed by atoms with van der Waals surface area (Å²) in [5, 5.41) is 0. The molecular weight excluding hydrogens is 336 g/mol. The first-order chi connectivity index (χ1) is 12.5. The monoisotopic (exact) mass is 358 g/mol. The average molecular weight is 358 g/mol. The summed E-state index contributed by atoms with van der Waals surface area (Å²) in [7, 11) is 1.72.